The lowest BCUT2D eigenvalue weighted by Gasteiger charge is -2.24. The summed E-state index contributed by atoms with van der Waals surface area (Å²) in [4.78, 5) is 50.0. The number of ether oxygens (including phenoxy) is 1. The lowest BCUT2D eigenvalue weighted by molar-refractivity contribution is -0.122. The largest absolute Gasteiger partial charge is 0.465 e. The summed E-state index contributed by atoms with van der Waals surface area (Å²) in [7, 11) is 0. The second-order valence-corrected chi connectivity index (χ2v) is 9.32. The Kier molecular flexibility index (Phi) is 7.42. The number of carbonyl (C=O) groups is 3. The smallest absolute Gasteiger partial charge is 0.326 e. The van der Waals surface area contributed by atoms with Gasteiger partial charge in [0.05, 0.1) is 0 Å². The molecule has 4 N–H and O–H groups in total. The zero-order chi connectivity index (χ0) is 25.6. The maximum Gasteiger partial charge on any atom is 0.326 e. The third-order valence-corrected chi connectivity index (χ3v) is 6.75. The fourth-order valence-corrected chi connectivity index (χ4v) is 4.78. The zero-order valence-corrected chi connectivity index (χ0v) is 20.5. The Morgan fingerprint density at radius 1 is 1.08 bits per heavy atom. The summed E-state index contributed by atoms with van der Waals surface area (Å²) in [5, 5.41) is 15.0. The molecule has 3 amide bonds. The van der Waals surface area contributed by atoms with E-state index >= 15 is 0 Å². The molecule has 2 unspecified atom stereocenters. The van der Waals surface area contributed by atoms with Crippen LogP contribution >= 0.6 is 11.3 Å². The summed E-state index contributed by atoms with van der Waals surface area (Å²) in [6.45, 7) is 1.39. The minimum atomic E-state index is -0.818. The molecule has 0 aliphatic carbocycles. The Morgan fingerprint density at radius 2 is 1.92 bits per heavy atom. The number of Topliss-reactive ketones (excluding diaryl/α,β-unsaturated/α-hetero) is 1. The Bertz CT molecular complexity index is 1320. The van der Waals surface area contributed by atoms with E-state index in [4.69, 9.17) is 4.74 Å². The van der Waals surface area contributed by atoms with Crippen molar-refractivity contribution >= 4 is 46.4 Å². The average Bonchev–Trinajstić information content (AvgIpc) is 3.61. The number of nitrogens with zero attached hydrogens (tertiary/aromatic N) is 4. The fourth-order valence-electron chi connectivity index (χ4n) is 4.02. The van der Waals surface area contributed by atoms with E-state index in [2.05, 4.69) is 41.4 Å². The van der Waals surface area contributed by atoms with Gasteiger partial charge in [0.15, 0.2) is 6.10 Å². The number of pyridine rings is 2. The first-order valence-corrected chi connectivity index (χ1v) is 12.6. The van der Waals surface area contributed by atoms with Gasteiger partial charge in [0.2, 0.25) is 17.6 Å². The van der Waals surface area contributed by atoms with Gasteiger partial charge in [-0.15, -0.1) is 11.3 Å². The number of nitrogens with one attached hydrogen (secondary N) is 4. The highest BCUT2D eigenvalue weighted by Crippen LogP contribution is 2.26. The number of hydrogen-bond donors (Lipinski definition) is 4. The Hall–Kier alpha value is -4.23. The molecule has 1 saturated heterocycles. The number of aromatic nitrogens is 3. The number of hydrogen-bond acceptors (Lipinski definition) is 10. The van der Waals surface area contributed by atoms with Crippen LogP contribution in [-0.2, 0) is 9.59 Å². The van der Waals surface area contributed by atoms with Gasteiger partial charge in [-0.25, -0.2) is 15.2 Å². The van der Waals surface area contributed by atoms with Crippen LogP contribution in [0.2, 0.25) is 0 Å². The number of carbonyl (C=O) groups excluding carboxylic acids is 3. The van der Waals surface area contributed by atoms with Crippen molar-refractivity contribution in [2.75, 3.05) is 23.7 Å². The van der Waals surface area contributed by atoms with Crippen molar-refractivity contribution in [3.63, 3.8) is 0 Å². The van der Waals surface area contributed by atoms with Crippen molar-refractivity contribution in [1.29, 1.82) is 0 Å². The van der Waals surface area contributed by atoms with Crippen molar-refractivity contribution in [3.05, 3.63) is 48.1 Å². The van der Waals surface area contributed by atoms with Crippen molar-refractivity contribution in [2.45, 2.75) is 25.4 Å². The molecule has 0 aromatic carbocycles. The first-order chi connectivity index (χ1) is 18.0. The van der Waals surface area contributed by atoms with Crippen LogP contribution in [0.15, 0.2) is 53.2 Å². The maximum absolute atomic E-state index is 13.2. The second-order valence-electron chi connectivity index (χ2n) is 8.46. The predicted molar refractivity (Wildman–Crippen MR) is 137 cm³/mol. The van der Waals surface area contributed by atoms with Gasteiger partial charge >= 0.3 is 6.03 Å². The van der Waals surface area contributed by atoms with Crippen molar-refractivity contribution in [2.24, 2.45) is 11.0 Å². The van der Waals surface area contributed by atoms with Gasteiger partial charge in [0.1, 0.15) is 22.4 Å². The van der Waals surface area contributed by atoms with Crippen LogP contribution < -0.4 is 26.1 Å². The molecule has 3 aromatic rings. The molecule has 2 aliphatic heterocycles. The summed E-state index contributed by atoms with van der Waals surface area (Å²) in [6.07, 6.45) is 3.76. The highest BCUT2D eigenvalue weighted by atomic mass is 32.1. The summed E-state index contributed by atoms with van der Waals surface area (Å²) in [6, 6.07) is 8.08. The number of rotatable bonds is 8. The summed E-state index contributed by atoms with van der Waals surface area (Å²) in [5.41, 5.74) is 3.55. The molecule has 0 bridgehead atoms. The molecule has 5 rings (SSSR count). The molecular formula is C24H24N8O4S. The van der Waals surface area contributed by atoms with Crippen LogP contribution in [0.3, 0.4) is 0 Å². The van der Waals surface area contributed by atoms with Gasteiger partial charge in [-0.05, 0) is 31.2 Å². The maximum atomic E-state index is 13.2. The molecule has 190 valence electrons. The summed E-state index contributed by atoms with van der Waals surface area (Å²) in [5.74, 6) is 0.270. The number of hydrazone groups is 1. The van der Waals surface area contributed by atoms with Crippen molar-refractivity contribution < 1.29 is 19.1 Å². The van der Waals surface area contributed by atoms with E-state index in [1.807, 2.05) is 12.1 Å². The normalized spacial score (nSPS) is 17.9. The minimum absolute atomic E-state index is 0.0752. The quantitative estimate of drug-likeness (QED) is 0.352. The molecule has 37 heavy (non-hydrogen) atoms. The van der Waals surface area contributed by atoms with E-state index < -0.39 is 12.1 Å². The Labute approximate surface area is 216 Å². The summed E-state index contributed by atoms with van der Waals surface area (Å²) >= 11 is 1.40. The highest BCUT2D eigenvalue weighted by Gasteiger charge is 2.36. The standard InChI is InChI=1S/C24H24N8O4S/c33-19-5-4-16(31-32-19)21(34)22(15-8-11-26-12-15)36-20-3-1-2-17(27-20)29-24(35)30-18-13-37-23(28-18)14-6-9-25-10-7-14/h1-3,6-7,9-10,13,15,22,26H,4-5,8,11-12H2,(H,32,33)(H2,27,29,30,35). The first-order valence-electron chi connectivity index (χ1n) is 11.7. The van der Waals surface area contributed by atoms with Crippen LogP contribution in [0.1, 0.15) is 19.3 Å². The van der Waals surface area contributed by atoms with E-state index in [1.54, 1.807) is 36.0 Å². The monoisotopic (exact) mass is 520 g/mol. The van der Waals surface area contributed by atoms with Crippen molar-refractivity contribution in [3.8, 4) is 16.5 Å². The Morgan fingerprint density at radius 3 is 2.68 bits per heavy atom. The molecular weight excluding hydrogens is 496 g/mol. The third kappa shape index (κ3) is 6.13. The van der Waals surface area contributed by atoms with Gasteiger partial charge in [0, 0.05) is 54.7 Å². The van der Waals surface area contributed by atoms with E-state index in [0.717, 1.165) is 23.5 Å². The van der Waals surface area contributed by atoms with Crippen LogP contribution in [0, 0.1) is 5.92 Å². The van der Waals surface area contributed by atoms with Gasteiger partial charge in [-0.2, -0.15) is 10.1 Å². The number of anilines is 2. The van der Waals surface area contributed by atoms with Crippen LogP contribution in [0.4, 0.5) is 16.4 Å². The van der Waals surface area contributed by atoms with Crippen LogP contribution in [0.5, 0.6) is 5.88 Å². The molecule has 2 aliphatic rings. The zero-order valence-electron chi connectivity index (χ0n) is 19.6. The number of ketones is 1. The number of amides is 3. The molecule has 1 fully saturated rings. The van der Waals surface area contributed by atoms with Crippen LogP contribution in [0.25, 0.3) is 10.6 Å². The van der Waals surface area contributed by atoms with E-state index in [9.17, 15) is 14.4 Å². The third-order valence-electron chi connectivity index (χ3n) is 5.86. The van der Waals surface area contributed by atoms with Gasteiger partial charge in [0.25, 0.3) is 0 Å². The van der Waals surface area contributed by atoms with E-state index in [1.165, 1.54) is 11.3 Å². The number of thiazole rings is 1. The number of urea groups is 1. The molecule has 12 nitrogen and oxygen atoms in total. The predicted octanol–water partition coefficient (Wildman–Crippen LogP) is 2.44. The second kappa shape index (κ2) is 11.2. The van der Waals surface area contributed by atoms with Gasteiger partial charge in [-0.1, -0.05) is 6.07 Å². The molecule has 0 saturated carbocycles. The lowest BCUT2D eigenvalue weighted by Crippen LogP contribution is -2.43. The summed E-state index contributed by atoms with van der Waals surface area (Å²) < 4.78 is 6.05. The SMILES string of the molecule is O=C1CCC(C(=O)C(Oc2cccc(NC(=O)Nc3csc(-c4ccncc4)n3)n2)C2CCNC2)=NN1. The van der Waals surface area contributed by atoms with Crippen LogP contribution in [-0.4, -0.2) is 57.6 Å². The Balaban J connectivity index is 1.24. The molecule has 13 heteroatoms. The molecule has 5 heterocycles. The molecule has 3 aromatic heterocycles. The van der Waals surface area contributed by atoms with E-state index in [-0.39, 0.29) is 47.9 Å². The minimum Gasteiger partial charge on any atom is -0.465 e. The molecule has 0 spiro atoms. The van der Waals surface area contributed by atoms with E-state index in [0.29, 0.717) is 12.4 Å². The highest BCUT2D eigenvalue weighted by molar-refractivity contribution is 7.13. The average molecular weight is 521 g/mol. The van der Waals surface area contributed by atoms with Gasteiger partial charge < -0.3 is 10.1 Å². The topological polar surface area (TPSA) is 160 Å². The van der Waals surface area contributed by atoms with Gasteiger partial charge in [-0.3, -0.25) is 25.2 Å². The fraction of sp³-hybridized carbons (Fsp3) is 0.292. The first kappa shape index (κ1) is 24.5. The molecule has 0 radical (unpaired) electrons. The van der Waals surface area contributed by atoms with Crippen molar-refractivity contribution in [1.82, 2.24) is 25.7 Å². The molecule has 2 atom stereocenters. The lowest BCUT2D eigenvalue weighted by atomic mass is 9.93.